The summed E-state index contributed by atoms with van der Waals surface area (Å²) < 4.78 is 0. The number of fused-ring (bicyclic) bond motifs is 1. The van der Waals surface area contributed by atoms with E-state index in [-0.39, 0.29) is 5.92 Å². The van der Waals surface area contributed by atoms with E-state index in [2.05, 4.69) is 32.0 Å². The Kier molecular flexibility index (Phi) is 3.13. The molecule has 0 saturated carbocycles. The van der Waals surface area contributed by atoms with E-state index >= 15 is 0 Å². The third-order valence-corrected chi connectivity index (χ3v) is 3.93. The number of aryl methyl sites for hydroxylation is 1. The van der Waals surface area contributed by atoms with Gasteiger partial charge in [-0.3, -0.25) is 0 Å². The highest BCUT2D eigenvalue weighted by Gasteiger charge is 2.28. The summed E-state index contributed by atoms with van der Waals surface area (Å²) in [5, 5.41) is 0. The van der Waals surface area contributed by atoms with E-state index in [9.17, 15) is 4.79 Å². The average molecular weight is 216 g/mol. The van der Waals surface area contributed by atoms with E-state index in [0.29, 0.717) is 11.8 Å². The minimum absolute atomic E-state index is 0.146. The maximum Gasteiger partial charge on any atom is 0.123 e. The Morgan fingerprint density at radius 1 is 1.31 bits per heavy atom. The second-order valence-corrected chi connectivity index (χ2v) is 5.21. The van der Waals surface area contributed by atoms with Crippen LogP contribution in [0.4, 0.5) is 0 Å². The first-order valence-corrected chi connectivity index (χ1v) is 6.19. The molecule has 0 spiro atoms. The van der Waals surface area contributed by atoms with Crippen molar-refractivity contribution in [2.24, 2.45) is 5.92 Å². The van der Waals surface area contributed by atoms with Gasteiger partial charge in [0.05, 0.1) is 0 Å². The second-order valence-electron chi connectivity index (χ2n) is 5.21. The third kappa shape index (κ3) is 1.91. The lowest BCUT2D eigenvalue weighted by Crippen LogP contribution is -2.19. The van der Waals surface area contributed by atoms with Gasteiger partial charge in [-0.2, -0.15) is 0 Å². The van der Waals surface area contributed by atoms with Crippen LogP contribution in [-0.2, 0) is 4.79 Å². The van der Waals surface area contributed by atoms with Crippen molar-refractivity contribution >= 4 is 6.29 Å². The minimum atomic E-state index is 0.146. The first-order valence-electron chi connectivity index (χ1n) is 6.19. The van der Waals surface area contributed by atoms with Crippen molar-refractivity contribution < 1.29 is 4.79 Å². The van der Waals surface area contributed by atoms with E-state index < -0.39 is 0 Å². The van der Waals surface area contributed by atoms with E-state index in [1.807, 2.05) is 6.92 Å². The molecule has 1 aliphatic carbocycles. The second kappa shape index (κ2) is 4.40. The standard InChI is InChI=1S/C15H20O/c1-10-4-6-13-11(2)5-7-14(12(3)9-16)15(13)8-10/h4,6,8-9,11-12,14H,5,7H2,1-3H3/t11-,12+,14+/m1/s1. The fourth-order valence-electron chi connectivity index (χ4n) is 2.85. The average Bonchev–Trinajstić information content (AvgIpc) is 2.28. The lowest BCUT2D eigenvalue weighted by atomic mass is 9.72. The van der Waals surface area contributed by atoms with Gasteiger partial charge in [-0.25, -0.2) is 0 Å². The number of aldehydes is 1. The summed E-state index contributed by atoms with van der Waals surface area (Å²) >= 11 is 0. The molecule has 0 radical (unpaired) electrons. The molecule has 3 atom stereocenters. The van der Waals surface area contributed by atoms with Crippen molar-refractivity contribution in [3.05, 3.63) is 34.9 Å². The molecule has 1 aromatic rings. The van der Waals surface area contributed by atoms with Crippen molar-refractivity contribution in [2.75, 3.05) is 0 Å². The molecule has 86 valence electrons. The molecule has 0 N–H and O–H groups in total. The molecule has 0 bridgehead atoms. The molecule has 0 aromatic heterocycles. The van der Waals surface area contributed by atoms with Crippen LogP contribution in [0.2, 0.25) is 0 Å². The zero-order valence-corrected chi connectivity index (χ0v) is 10.4. The topological polar surface area (TPSA) is 17.1 Å². The fraction of sp³-hybridized carbons (Fsp3) is 0.533. The molecule has 0 unspecified atom stereocenters. The number of rotatable bonds is 2. The maximum atomic E-state index is 11.0. The molecule has 0 amide bonds. The first kappa shape index (κ1) is 11.4. The van der Waals surface area contributed by atoms with Crippen LogP contribution in [-0.4, -0.2) is 6.29 Å². The minimum Gasteiger partial charge on any atom is -0.303 e. The van der Waals surface area contributed by atoms with E-state index in [4.69, 9.17) is 0 Å². The van der Waals surface area contributed by atoms with Gasteiger partial charge in [0, 0.05) is 5.92 Å². The molecule has 0 saturated heterocycles. The molecule has 1 aromatic carbocycles. The summed E-state index contributed by atoms with van der Waals surface area (Å²) in [6.45, 7) is 6.46. The van der Waals surface area contributed by atoms with Crippen LogP contribution in [0.1, 0.15) is 55.2 Å². The van der Waals surface area contributed by atoms with Crippen molar-refractivity contribution in [1.29, 1.82) is 0 Å². The Hall–Kier alpha value is -1.11. The van der Waals surface area contributed by atoms with Crippen LogP contribution in [0.25, 0.3) is 0 Å². The molecule has 1 aliphatic rings. The zero-order valence-electron chi connectivity index (χ0n) is 10.4. The van der Waals surface area contributed by atoms with E-state index in [1.165, 1.54) is 23.1 Å². The highest BCUT2D eigenvalue weighted by molar-refractivity contribution is 5.56. The maximum absolute atomic E-state index is 11.0. The number of carbonyl (C=O) groups is 1. The molecule has 2 rings (SSSR count). The fourth-order valence-corrected chi connectivity index (χ4v) is 2.85. The van der Waals surface area contributed by atoms with Crippen LogP contribution in [0.3, 0.4) is 0 Å². The van der Waals surface area contributed by atoms with Gasteiger partial charge in [0.1, 0.15) is 6.29 Å². The van der Waals surface area contributed by atoms with E-state index in [1.54, 1.807) is 0 Å². The zero-order chi connectivity index (χ0) is 11.7. The highest BCUT2D eigenvalue weighted by Crippen LogP contribution is 2.41. The number of hydrogen-bond donors (Lipinski definition) is 0. The lowest BCUT2D eigenvalue weighted by molar-refractivity contribution is -0.111. The van der Waals surface area contributed by atoms with Gasteiger partial charge in [-0.1, -0.05) is 37.6 Å². The van der Waals surface area contributed by atoms with Gasteiger partial charge >= 0.3 is 0 Å². The normalized spacial score (nSPS) is 25.9. The largest absolute Gasteiger partial charge is 0.303 e. The Labute approximate surface area is 97.9 Å². The number of hydrogen-bond acceptors (Lipinski definition) is 1. The Morgan fingerprint density at radius 3 is 2.75 bits per heavy atom. The predicted molar refractivity (Wildman–Crippen MR) is 66.8 cm³/mol. The van der Waals surface area contributed by atoms with Crippen LogP contribution in [0, 0.1) is 12.8 Å². The summed E-state index contributed by atoms with van der Waals surface area (Å²) in [5.41, 5.74) is 4.17. The lowest BCUT2D eigenvalue weighted by Gasteiger charge is -2.32. The van der Waals surface area contributed by atoms with Crippen molar-refractivity contribution in [2.45, 2.75) is 45.4 Å². The third-order valence-electron chi connectivity index (χ3n) is 3.93. The summed E-state index contributed by atoms with van der Waals surface area (Å²) in [4.78, 5) is 11.0. The van der Waals surface area contributed by atoms with Gasteiger partial charge in [0.15, 0.2) is 0 Å². The molecule has 0 heterocycles. The molecule has 0 fully saturated rings. The monoisotopic (exact) mass is 216 g/mol. The molecule has 1 nitrogen and oxygen atoms in total. The molecule has 1 heteroatoms. The van der Waals surface area contributed by atoms with Gasteiger partial charge in [0.2, 0.25) is 0 Å². The van der Waals surface area contributed by atoms with Crippen LogP contribution in [0.5, 0.6) is 0 Å². The molecular formula is C15H20O. The van der Waals surface area contributed by atoms with Gasteiger partial charge in [-0.15, -0.1) is 0 Å². The predicted octanol–water partition coefficient (Wildman–Crippen LogP) is 3.81. The summed E-state index contributed by atoms with van der Waals surface area (Å²) in [6, 6.07) is 6.71. The quantitative estimate of drug-likeness (QED) is 0.687. The Morgan fingerprint density at radius 2 is 2.06 bits per heavy atom. The molecule has 16 heavy (non-hydrogen) atoms. The molecular weight excluding hydrogens is 196 g/mol. The molecule has 0 aliphatic heterocycles. The van der Waals surface area contributed by atoms with Crippen molar-refractivity contribution in [3.63, 3.8) is 0 Å². The highest BCUT2D eigenvalue weighted by atomic mass is 16.1. The Balaban J connectivity index is 2.45. The van der Waals surface area contributed by atoms with E-state index in [0.717, 1.165) is 12.7 Å². The smallest absolute Gasteiger partial charge is 0.123 e. The number of benzene rings is 1. The van der Waals surface area contributed by atoms with Gasteiger partial charge < -0.3 is 4.79 Å². The van der Waals surface area contributed by atoms with Gasteiger partial charge in [-0.05, 0) is 42.7 Å². The summed E-state index contributed by atoms with van der Waals surface area (Å²) in [7, 11) is 0. The summed E-state index contributed by atoms with van der Waals surface area (Å²) in [5.74, 6) is 1.22. The summed E-state index contributed by atoms with van der Waals surface area (Å²) in [6.07, 6.45) is 3.46. The SMILES string of the molecule is Cc1ccc2c(c1)[C@H]([C@@H](C)C=O)CC[C@H]2C. The van der Waals surface area contributed by atoms with Crippen LogP contribution >= 0.6 is 0 Å². The number of carbonyl (C=O) groups excluding carboxylic acids is 1. The van der Waals surface area contributed by atoms with Crippen molar-refractivity contribution in [3.8, 4) is 0 Å². The van der Waals surface area contributed by atoms with Crippen molar-refractivity contribution in [1.82, 2.24) is 0 Å². The van der Waals surface area contributed by atoms with Gasteiger partial charge in [0.25, 0.3) is 0 Å². The first-order chi connectivity index (χ1) is 7.63. The Bertz CT molecular complexity index is 394. The van der Waals surface area contributed by atoms with Crippen LogP contribution in [0.15, 0.2) is 18.2 Å². The van der Waals surface area contributed by atoms with Crippen LogP contribution < -0.4 is 0 Å².